The quantitative estimate of drug-likeness (QED) is 0.115. The highest BCUT2D eigenvalue weighted by Gasteiger charge is 2.31. The molecule has 4 N–H and O–H groups in total. The van der Waals surface area contributed by atoms with E-state index in [9.17, 15) is 15.3 Å². The number of nitrogens with zero attached hydrogens (tertiary/aromatic N) is 5. The number of hydrogen-bond acceptors (Lipinski definition) is 8. The van der Waals surface area contributed by atoms with Crippen LogP contribution in [0.3, 0.4) is 0 Å². The maximum absolute atomic E-state index is 12.5. The van der Waals surface area contributed by atoms with Crippen LogP contribution in [0.15, 0.2) is 162 Å². The van der Waals surface area contributed by atoms with E-state index in [2.05, 4.69) is 159 Å². The van der Waals surface area contributed by atoms with Crippen LogP contribution in [0.2, 0.25) is 0 Å². The van der Waals surface area contributed by atoms with Gasteiger partial charge in [0.05, 0.1) is 22.5 Å². The number of urea groups is 1. The molecular formula is C56H56N8O2. The zero-order valence-corrected chi connectivity index (χ0v) is 37.6. The summed E-state index contributed by atoms with van der Waals surface area (Å²) < 4.78 is 5.10. The molecule has 6 aromatic carbocycles. The monoisotopic (exact) mass is 872 g/mol. The van der Waals surface area contributed by atoms with Crippen molar-refractivity contribution in [1.82, 2.24) is 5.16 Å². The molecule has 0 saturated carbocycles. The van der Waals surface area contributed by atoms with Gasteiger partial charge in [-0.25, -0.2) is 4.79 Å². The van der Waals surface area contributed by atoms with E-state index in [-0.39, 0.29) is 0 Å². The molecule has 7 aromatic rings. The van der Waals surface area contributed by atoms with Crippen LogP contribution in [0.25, 0.3) is 0 Å². The van der Waals surface area contributed by atoms with Gasteiger partial charge in [0.25, 0.3) is 0 Å². The summed E-state index contributed by atoms with van der Waals surface area (Å²) in [6.45, 7) is 7.16. The number of aromatic nitrogens is 1. The third kappa shape index (κ3) is 10.6. The first kappa shape index (κ1) is 44.8. The van der Waals surface area contributed by atoms with Gasteiger partial charge in [0.15, 0.2) is 5.76 Å². The molecule has 3 heterocycles. The predicted octanol–water partition coefficient (Wildman–Crippen LogP) is 12.0. The molecule has 0 atom stereocenters. The van der Waals surface area contributed by atoms with Crippen molar-refractivity contribution in [3.05, 3.63) is 203 Å². The van der Waals surface area contributed by atoms with Gasteiger partial charge in [-0.15, -0.1) is 0 Å². The van der Waals surface area contributed by atoms with E-state index in [1.54, 1.807) is 26.0 Å². The van der Waals surface area contributed by atoms with E-state index in [0.717, 1.165) is 63.2 Å². The smallest absolute Gasteiger partial charge is 0.323 e. The highest BCUT2D eigenvalue weighted by molar-refractivity contribution is 6.00. The molecule has 9 rings (SSSR count). The van der Waals surface area contributed by atoms with Crippen LogP contribution in [0, 0.1) is 48.3 Å². The number of hydrogen-bond donors (Lipinski definition) is 3. The van der Waals surface area contributed by atoms with Crippen LogP contribution in [0.1, 0.15) is 82.4 Å². The van der Waals surface area contributed by atoms with Gasteiger partial charge in [0.2, 0.25) is 0 Å². The number of amides is 2. The number of nitrogens with one attached hydrogen (secondary N) is 2. The number of piperidine rings is 2. The van der Waals surface area contributed by atoms with Crippen LogP contribution in [0.4, 0.5) is 33.2 Å². The largest absolute Gasteiger partial charge is 0.399 e. The second-order valence-corrected chi connectivity index (χ2v) is 17.3. The normalized spacial score (nSPS) is 14.2. The Balaban J connectivity index is 0.000000188. The molecular weight excluding hydrogens is 817 g/mol. The summed E-state index contributed by atoms with van der Waals surface area (Å²) in [6.07, 6.45) is 4.26. The molecule has 10 heteroatoms. The number of nitrogens with two attached hydrogens (primary N) is 1. The lowest BCUT2D eigenvalue weighted by Gasteiger charge is -2.38. The molecule has 66 heavy (non-hydrogen) atoms. The second-order valence-electron chi connectivity index (χ2n) is 17.3. The number of nitrogen functional groups attached to an aromatic ring is 1. The van der Waals surface area contributed by atoms with Crippen LogP contribution in [0.5, 0.6) is 0 Å². The Kier molecular flexibility index (Phi) is 14.4. The van der Waals surface area contributed by atoms with Crippen molar-refractivity contribution < 1.29 is 9.32 Å². The second kappa shape index (κ2) is 21.2. The number of rotatable bonds is 10. The molecule has 0 unspecified atom stereocenters. The molecule has 0 aliphatic carbocycles. The zero-order chi connectivity index (χ0) is 45.8. The Morgan fingerprint density at radius 2 is 1.02 bits per heavy atom. The Bertz CT molecular complexity index is 2670. The molecule has 1 aromatic heterocycles. The Hall–Kier alpha value is -7.82. The molecule has 2 fully saturated rings. The van der Waals surface area contributed by atoms with Crippen molar-refractivity contribution >= 4 is 34.5 Å². The molecule has 332 valence electrons. The van der Waals surface area contributed by atoms with Gasteiger partial charge in [-0.2, -0.15) is 10.5 Å². The summed E-state index contributed by atoms with van der Waals surface area (Å²) in [6, 6.07) is 58.5. The molecule has 10 nitrogen and oxygen atoms in total. The average molecular weight is 873 g/mol. The highest BCUT2D eigenvalue weighted by Crippen LogP contribution is 2.41. The molecule has 2 saturated heterocycles. The Morgan fingerprint density at radius 1 is 0.606 bits per heavy atom. The Morgan fingerprint density at radius 3 is 1.41 bits per heavy atom. The number of anilines is 5. The summed E-state index contributed by atoms with van der Waals surface area (Å²) in [5.74, 6) is 2.39. The van der Waals surface area contributed by atoms with Crippen LogP contribution in [-0.4, -0.2) is 37.4 Å². The van der Waals surface area contributed by atoms with Gasteiger partial charge < -0.3 is 30.7 Å². The number of carbonyl (C=O) groups excluding carboxylic acids is 1. The number of aryl methyl sites for hydroxylation is 2. The lowest BCUT2D eigenvalue weighted by Crippen LogP contribution is -2.36. The predicted molar refractivity (Wildman–Crippen MR) is 265 cm³/mol. The van der Waals surface area contributed by atoms with Crippen molar-refractivity contribution in [2.45, 2.75) is 51.4 Å². The number of carbonyl (C=O) groups is 1. The third-order valence-corrected chi connectivity index (χ3v) is 13.1. The first-order valence-corrected chi connectivity index (χ1v) is 22.8. The fraction of sp³-hybridized carbons (Fsp3) is 0.250. The first-order valence-electron chi connectivity index (χ1n) is 22.8. The molecule has 0 radical (unpaired) electrons. The van der Waals surface area contributed by atoms with Gasteiger partial charge >= 0.3 is 6.03 Å². The van der Waals surface area contributed by atoms with Gasteiger partial charge in [-0.1, -0.05) is 126 Å². The molecule has 2 amide bonds. The van der Waals surface area contributed by atoms with Gasteiger partial charge in [0.1, 0.15) is 23.5 Å². The lowest BCUT2D eigenvalue weighted by molar-refractivity contribution is 0.262. The molecule has 0 spiro atoms. The topological polar surface area (TPSA) is 147 Å². The summed E-state index contributed by atoms with van der Waals surface area (Å²) in [4.78, 5) is 17.1. The fourth-order valence-corrected chi connectivity index (χ4v) is 9.90. The van der Waals surface area contributed by atoms with Crippen LogP contribution in [-0.2, 0) is 0 Å². The van der Waals surface area contributed by atoms with E-state index in [4.69, 9.17) is 10.3 Å². The van der Waals surface area contributed by atoms with Crippen molar-refractivity contribution in [2.24, 2.45) is 11.8 Å². The molecule has 0 bridgehead atoms. The minimum Gasteiger partial charge on any atom is -0.399 e. The zero-order valence-electron chi connectivity index (χ0n) is 37.6. The van der Waals surface area contributed by atoms with Crippen molar-refractivity contribution in [3.63, 3.8) is 0 Å². The van der Waals surface area contributed by atoms with Gasteiger partial charge in [-0.05, 0) is 110 Å². The van der Waals surface area contributed by atoms with Crippen molar-refractivity contribution in [2.75, 3.05) is 52.3 Å². The summed E-state index contributed by atoms with van der Waals surface area (Å²) in [5.41, 5.74) is 16.8. The average Bonchev–Trinajstić information content (AvgIpc) is 3.68. The summed E-state index contributed by atoms with van der Waals surface area (Å²) in [7, 11) is 0. The van der Waals surface area contributed by atoms with E-state index >= 15 is 0 Å². The van der Waals surface area contributed by atoms with Gasteiger partial charge in [0, 0.05) is 49.4 Å². The third-order valence-electron chi connectivity index (χ3n) is 13.1. The number of nitriles is 2. The number of benzene rings is 6. The molecule has 2 aliphatic heterocycles. The van der Waals surface area contributed by atoms with E-state index in [1.807, 2.05) is 24.3 Å². The van der Waals surface area contributed by atoms with Crippen LogP contribution < -0.4 is 26.2 Å². The minimum atomic E-state index is -0.412. The standard InChI is InChI=1S/C31H31N5O2.C25H25N3/c1-21-30(22(2)38-35-21)34-31(37)33-27-13-14-28(26(19-27)20-32)36-17-15-25(16-18-36)29(23-9-5-3-6-10-23)24-11-7-4-8-12-24;26-18-22-17-23(27)11-12-24(22)28-15-13-21(14-16-28)25(19-7-3-1-4-8-19)20-9-5-2-6-10-20/h3-14,19,25,29H,15-18H2,1-2H3,(H2,33,34,37);1-12,17,21,25H,13-16,27H2. The van der Waals surface area contributed by atoms with Crippen molar-refractivity contribution in [1.29, 1.82) is 10.5 Å². The highest BCUT2D eigenvalue weighted by atomic mass is 16.5. The maximum atomic E-state index is 12.5. The SMILES string of the molecule is Cc1noc(C)c1NC(=O)Nc1ccc(N2CCC(C(c3ccccc3)c3ccccc3)CC2)c(C#N)c1.N#Cc1cc(N)ccc1N1CCC(C(c2ccccc2)c2ccccc2)CC1. The lowest BCUT2D eigenvalue weighted by atomic mass is 9.76. The summed E-state index contributed by atoms with van der Waals surface area (Å²) in [5, 5.41) is 28.8. The van der Waals surface area contributed by atoms with Crippen LogP contribution >= 0.6 is 0 Å². The van der Waals surface area contributed by atoms with Gasteiger partial charge in [-0.3, -0.25) is 0 Å². The summed E-state index contributed by atoms with van der Waals surface area (Å²) >= 11 is 0. The first-order chi connectivity index (χ1) is 32.3. The maximum Gasteiger partial charge on any atom is 0.323 e. The molecule has 2 aliphatic rings. The van der Waals surface area contributed by atoms with E-state index < -0.39 is 6.03 Å². The van der Waals surface area contributed by atoms with E-state index in [1.165, 1.54) is 22.3 Å². The fourth-order valence-electron chi connectivity index (χ4n) is 9.90. The van der Waals surface area contributed by atoms with Crippen molar-refractivity contribution in [3.8, 4) is 12.1 Å². The Labute approximate surface area is 388 Å². The minimum absolute atomic E-state index is 0.345. The van der Waals surface area contributed by atoms with E-state index in [0.29, 0.717) is 63.3 Å².